The SMILES string of the molecule is Cl.NCCc1cc(N)ccc1C(N)=O. The van der Waals surface area contributed by atoms with Gasteiger partial charge >= 0.3 is 0 Å². The van der Waals surface area contributed by atoms with Crippen LogP contribution in [-0.4, -0.2) is 12.5 Å². The Labute approximate surface area is 88.9 Å². The molecule has 5 heteroatoms. The number of nitrogen functional groups attached to an aromatic ring is 1. The van der Waals surface area contributed by atoms with Crippen molar-refractivity contribution in [3.05, 3.63) is 29.3 Å². The highest BCUT2D eigenvalue weighted by atomic mass is 35.5. The lowest BCUT2D eigenvalue weighted by Gasteiger charge is -2.05. The Hall–Kier alpha value is -1.26. The van der Waals surface area contributed by atoms with Gasteiger partial charge in [-0.25, -0.2) is 0 Å². The van der Waals surface area contributed by atoms with Gasteiger partial charge in [-0.1, -0.05) is 0 Å². The quantitative estimate of drug-likeness (QED) is 0.633. The summed E-state index contributed by atoms with van der Waals surface area (Å²) in [7, 11) is 0. The molecule has 1 aromatic rings. The lowest BCUT2D eigenvalue weighted by Crippen LogP contribution is -2.15. The first kappa shape index (κ1) is 12.7. The normalized spacial score (nSPS) is 9.21. The van der Waals surface area contributed by atoms with Crippen LogP contribution in [0.3, 0.4) is 0 Å². The maximum atomic E-state index is 10.9. The molecule has 0 unspecified atom stereocenters. The highest BCUT2D eigenvalue weighted by Gasteiger charge is 2.06. The molecule has 0 aliphatic carbocycles. The van der Waals surface area contributed by atoms with Gasteiger partial charge < -0.3 is 17.2 Å². The van der Waals surface area contributed by atoms with E-state index in [2.05, 4.69) is 0 Å². The molecular weight excluding hydrogens is 202 g/mol. The number of carbonyl (C=O) groups is 1. The molecule has 0 aliphatic heterocycles. The summed E-state index contributed by atoms with van der Waals surface area (Å²) >= 11 is 0. The van der Waals surface area contributed by atoms with Crippen LogP contribution < -0.4 is 17.2 Å². The summed E-state index contributed by atoms with van der Waals surface area (Å²) in [6, 6.07) is 5.01. The Morgan fingerprint density at radius 3 is 2.50 bits per heavy atom. The van der Waals surface area contributed by atoms with Gasteiger partial charge in [-0.3, -0.25) is 4.79 Å². The molecular formula is C9H14ClN3O. The van der Waals surface area contributed by atoms with Crippen molar-refractivity contribution in [3.63, 3.8) is 0 Å². The monoisotopic (exact) mass is 215 g/mol. The number of amides is 1. The summed E-state index contributed by atoms with van der Waals surface area (Å²) in [6.45, 7) is 0.476. The maximum Gasteiger partial charge on any atom is 0.248 e. The van der Waals surface area contributed by atoms with Crippen molar-refractivity contribution in [1.82, 2.24) is 0 Å². The summed E-state index contributed by atoms with van der Waals surface area (Å²) in [5.74, 6) is -0.441. The minimum Gasteiger partial charge on any atom is -0.399 e. The third-order valence-corrected chi connectivity index (χ3v) is 1.81. The molecule has 14 heavy (non-hydrogen) atoms. The van der Waals surface area contributed by atoms with E-state index in [1.54, 1.807) is 18.2 Å². The van der Waals surface area contributed by atoms with E-state index in [0.717, 1.165) is 5.56 Å². The van der Waals surface area contributed by atoms with Crippen molar-refractivity contribution in [3.8, 4) is 0 Å². The molecule has 1 aromatic carbocycles. The van der Waals surface area contributed by atoms with E-state index in [-0.39, 0.29) is 12.4 Å². The molecule has 0 atom stereocenters. The predicted octanol–water partition coefficient (Wildman–Crippen LogP) is 0.291. The summed E-state index contributed by atoms with van der Waals surface area (Å²) < 4.78 is 0. The number of benzene rings is 1. The second kappa shape index (κ2) is 5.47. The second-order valence-corrected chi connectivity index (χ2v) is 2.82. The van der Waals surface area contributed by atoms with Gasteiger partial charge in [0.1, 0.15) is 0 Å². The fourth-order valence-corrected chi connectivity index (χ4v) is 1.22. The Morgan fingerprint density at radius 1 is 1.36 bits per heavy atom. The first-order valence-electron chi connectivity index (χ1n) is 4.03. The van der Waals surface area contributed by atoms with Crippen molar-refractivity contribution in [2.45, 2.75) is 6.42 Å². The van der Waals surface area contributed by atoms with Crippen LogP contribution in [0.4, 0.5) is 5.69 Å². The molecule has 0 heterocycles. The topological polar surface area (TPSA) is 95.1 Å². The van der Waals surface area contributed by atoms with Gasteiger partial charge in [0.05, 0.1) is 0 Å². The molecule has 78 valence electrons. The first-order valence-corrected chi connectivity index (χ1v) is 4.03. The zero-order valence-electron chi connectivity index (χ0n) is 7.69. The number of primary amides is 1. The van der Waals surface area contributed by atoms with Gasteiger partial charge in [-0.15, -0.1) is 12.4 Å². The van der Waals surface area contributed by atoms with Crippen molar-refractivity contribution in [2.75, 3.05) is 12.3 Å². The third kappa shape index (κ3) is 2.90. The van der Waals surface area contributed by atoms with E-state index < -0.39 is 5.91 Å². The fraction of sp³-hybridized carbons (Fsp3) is 0.222. The number of rotatable bonds is 3. The third-order valence-electron chi connectivity index (χ3n) is 1.81. The Morgan fingerprint density at radius 2 is 2.00 bits per heavy atom. The standard InChI is InChI=1S/C9H13N3O.ClH/c10-4-3-6-5-7(11)1-2-8(6)9(12)13;/h1-2,5H,3-4,10-11H2,(H2,12,13);1H. The van der Waals surface area contributed by atoms with Crippen molar-refractivity contribution >= 4 is 24.0 Å². The van der Waals surface area contributed by atoms with Crippen molar-refractivity contribution < 1.29 is 4.79 Å². The summed E-state index contributed by atoms with van der Waals surface area (Å²) in [5.41, 5.74) is 18.1. The van der Waals surface area contributed by atoms with Gasteiger partial charge in [-0.05, 0) is 36.7 Å². The van der Waals surface area contributed by atoms with Crippen LogP contribution in [0.2, 0.25) is 0 Å². The average Bonchev–Trinajstić information content (AvgIpc) is 2.04. The van der Waals surface area contributed by atoms with Gasteiger partial charge in [0.15, 0.2) is 0 Å². The molecule has 6 N–H and O–H groups in total. The molecule has 0 radical (unpaired) electrons. The number of carbonyl (C=O) groups excluding carboxylic acids is 1. The zero-order chi connectivity index (χ0) is 9.84. The number of hydrogen-bond acceptors (Lipinski definition) is 3. The fourth-order valence-electron chi connectivity index (χ4n) is 1.22. The highest BCUT2D eigenvalue weighted by Crippen LogP contribution is 2.13. The van der Waals surface area contributed by atoms with E-state index >= 15 is 0 Å². The van der Waals surface area contributed by atoms with Gasteiger partial charge in [0.25, 0.3) is 0 Å². The number of anilines is 1. The van der Waals surface area contributed by atoms with Crippen LogP contribution in [0.25, 0.3) is 0 Å². The van der Waals surface area contributed by atoms with Crippen LogP contribution in [0, 0.1) is 0 Å². The lowest BCUT2D eigenvalue weighted by molar-refractivity contribution is 0.0999. The molecule has 4 nitrogen and oxygen atoms in total. The van der Waals surface area contributed by atoms with Crippen LogP contribution >= 0.6 is 12.4 Å². The van der Waals surface area contributed by atoms with E-state index in [9.17, 15) is 4.79 Å². The summed E-state index contributed by atoms with van der Waals surface area (Å²) in [4.78, 5) is 10.9. The minimum absolute atomic E-state index is 0. The molecule has 1 amide bonds. The van der Waals surface area contributed by atoms with Gasteiger partial charge in [0, 0.05) is 11.3 Å². The Kier molecular flexibility index (Phi) is 4.97. The molecule has 0 bridgehead atoms. The predicted molar refractivity (Wildman–Crippen MR) is 59.4 cm³/mol. The number of halogens is 1. The molecule has 0 saturated heterocycles. The van der Waals surface area contributed by atoms with Crippen LogP contribution in [0.5, 0.6) is 0 Å². The van der Waals surface area contributed by atoms with Crippen LogP contribution in [0.15, 0.2) is 18.2 Å². The maximum absolute atomic E-state index is 10.9. The van der Waals surface area contributed by atoms with Crippen LogP contribution in [-0.2, 0) is 6.42 Å². The molecule has 0 aromatic heterocycles. The molecule has 0 saturated carbocycles. The van der Waals surface area contributed by atoms with Crippen molar-refractivity contribution in [2.24, 2.45) is 11.5 Å². The average molecular weight is 216 g/mol. The summed E-state index contributed by atoms with van der Waals surface area (Å²) in [5, 5.41) is 0. The number of nitrogens with two attached hydrogens (primary N) is 3. The Balaban J connectivity index is 0.00000169. The number of hydrogen-bond donors (Lipinski definition) is 3. The zero-order valence-corrected chi connectivity index (χ0v) is 8.51. The van der Waals surface area contributed by atoms with E-state index in [1.165, 1.54) is 0 Å². The first-order chi connectivity index (χ1) is 6.15. The largest absolute Gasteiger partial charge is 0.399 e. The molecule has 0 spiro atoms. The molecule has 0 fully saturated rings. The second-order valence-electron chi connectivity index (χ2n) is 2.82. The highest BCUT2D eigenvalue weighted by molar-refractivity contribution is 5.94. The lowest BCUT2D eigenvalue weighted by atomic mass is 10.0. The van der Waals surface area contributed by atoms with Crippen molar-refractivity contribution in [1.29, 1.82) is 0 Å². The molecule has 1 rings (SSSR count). The Bertz CT molecular complexity index is 328. The van der Waals surface area contributed by atoms with Gasteiger partial charge in [0.2, 0.25) is 5.91 Å². The van der Waals surface area contributed by atoms with E-state index in [0.29, 0.717) is 24.2 Å². The van der Waals surface area contributed by atoms with E-state index in [4.69, 9.17) is 17.2 Å². The summed E-state index contributed by atoms with van der Waals surface area (Å²) in [6.07, 6.45) is 0.614. The molecule has 0 aliphatic rings. The van der Waals surface area contributed by atoms with Gasteiger partial charge in [-0.2, -0.15) is 0 Å². The van der Waals surface area contributed by atoms with Crippen LogP contribution in [0.1, 0.15) is 15.9 Å². The van der Waals surface area contributed by atoms with E-state index in [1.807, 2.05) is 0 Å². The smallest absolute Gasteiger partial charge is 0.248 e. The minimum atomic E-state index is -0.441.